The van der Waals surface area contributed by atoms with Crippen LogP contribution in [0.4, 0.5) is 0 Å². The van der Waals surface area contributed by atoms with Gasteiger partial charge in [-0.1, -0.05) is 0 Å². The lowest BCUT2D eigenvalue weighted by Crippen LogP contribution is -2.31. The summed E-state index contributed by atoms with van der Waals surface area (Å²) in [5.41, 5.74) is 2.67. The average Bonchev–Trinajstić information content (AvgIpc) is 2.72. The number of rotatable bonds is 2. The van der Waals surface area contributed by atoms with Crippen LogP contribution in [-0.4, -0.2) is 11.9 Å². The van der Waals surface area contributed by atoms with Gasteiger partial charge < -0.3 is 5.43 Å². The smallest absolute Gasteiger partial charge is 0.153 e. The summed E-state index contributed by atoms with van der Waals surface area (Å²) in [5, 5.41) is 2.10. The van der Waals surface area contributed by atoms with Crippen molar-refractivity contribution in [2.75, 3.05) is 0 Å². The van der Waals surface area contributed by atoms with Crippen LogP contribution >= 0.6 is 22.7 Å². The minimum absolute atomic E-state index is 0.246. The third-order valence-corrected chi connectivity index (χ3v) is 4.00. The first-order valence-electron chi connectivity index (χ1n) is 4.72. The first-order chi connectivity index (χ1) is 7.20. The summed E-state index contributed by atoms with van der Waals surface area (Å²) < 4.78 is 2.59. The van der Waals surface area contributed by atoms with E-state index in [0.717, 1.165) is 10.7 Å². The third-order valence-electron chi connectivity index (χ3n) is 1.90. The fourth-order valence-electron chi connectivity index (χ4n) is 1.31. The molecule has 0 unspecified atom stereocenters. The third kappa shape index (κ3) is 2.19. The molecule has 2 aromatic heterocycles. The van der Waals surface area contributed by atoms with Gasteiger partial charge in [0.15, 0.2) is 5.84 Å². The fraction of sp³-hybridized carbons (Fsp3) is 0.300. The van der Waals surface area contributed by atoms with Crippen LogP contribution in [0, 0.1) is 0 Å². The van der Waals surface area contributed by atoms with Gasteiger partial charge >= 0.3 is 0 Å². The van der Waals surface area contributed by atoms with Crippen molar-refractivity contribution < 1.29 is 0 Å². The number of hydrogen-bond donors (Lipinski definition) is 2. The van der Waals surface area contributed by atoms with Crippen LogP contribution in [0.2, 0.25) is 0 Å². The van der Waals surface area contributed by atoms with Crippen LogP contribution in [0.5, 0.6) is 0 Å². The zero-order valence-electron chi connectivity index (χ0n) is 8.65. The molecular formula is C10H13N3S2. The lowest BCUT2D eigenvalue weighted by Gasteiger charge is -2.04. The number of hydrazine groups is 1. The molecule has 15 heavy (non-hydrogen) atoms. The Labute approximate surface area is 96.6 Å². The van der Waals surface area contributed by atoms with Crippen molar-refractivity contribution in [2.24, 2.45) is 10.8 Å². The fourth-order valence-corrected chi connectivity index (χ4v) is 3.38. The number of fused-ring (bicyclic) bond motifs is 1. The molecule has 80 valence electrons. The lowest BCUT2D eigenvalue weighted by atomic mass is 10.4. The molecule has 5 heteroatoms. The van der Waals surface area contributed by atoms with E-state index in [0.29, 0.717) is 0 Å². The second-order valence-corrected chi connectivity index (χ2v) is 5.51. The molecule has 3 N–H and O–H groups in total. The largest absolute Gasteiger partial charge is 0.308 e. The molecule has 2 rings (SSSR count). The van der Waals surface area contributed by atoms with Gasteiger partial charge in [-0.2, -0.15) is 0 Å². The number of nitrogens with one attached hydrogen (secondary N) is 1. The molecule has 0 aliphatic rings. The van der Waals surface area contributed by atoms with Crippen LogP contribution in [0.15, 0.2) is 22.5 Å². The Morgan fingerprint density at radius 2 is 2.27 bits per heavy atom. The van der Waals surface area contributed by atoms with Gasteiger partial charge in [0.05, 0.1) is 4.88 Å². The Kier molecular flexibility index (Phi) is 3.04. The molecule has 2 heterocycles. The zero-order valence-corrected chi connectivity index (χ0v) is 10.3. The lowest BCUT2D eigenvalue weighted by molar-refractivity contribution is 0.821. The van der Waals surface area contributed by atoms with Crippen LogP contribution in [0.1, 0.15) is 18.7 Å². The zero-order chi connectivity index (χ0) is 10.8. The molecule has 0 radical (unpaired) electrons. The summed E-state index contributed by atoms with van der Waals surface area (Å²) in [6.45, 7) is 4.07. The van der Waals surface area contributed by atoms with Gasteiger partial charge in [-0.15, -0.1) is 22.7 Å². The molecule has 0 aliphatic carbocycles. The summed E-state index contributed by atoms with van der Waals surface area (Å²) in [5.74, 6) is 6.25. The van der Waals surface area contributed by atoms with Crippen LogP contribution in [0.3, 0.4) is 0 Å². The molecular weight excluding hydrogens is 226 g/mol. The van der Waals surface area contributed by atoms with E-state index >= 15 is 0 Å². The Bertz CT molecular complexity index is 453. The van der Waals surface area contributed by atoms with E-state index in [1.165, 1.54) is 9.40 Å². The number of aliphatic imine (C=N–C) groups is 1. The maximum Gasteiger partial charge on any atom is 0.153 e. The first kappa shape index (κ1) is 10.6. The molecule has 0 aromatic carbocycles. The maximum absolute atomic E-state index is 5.47. The minimum Gasteiger partial charge on any atom is -0.308 e. The molecule has 0 spiro atoms. The van der Waals surface area contributed by atoms with Crippen molar-refractivity contribution >= 4 is 37.9 Å². The second-order valence-electron chi connectivity index (χ2n) is 3.48. The highest BCUT2D eigenvalue weighted by molar-refractivity contribution is 7.27. The van der Waals surface area contributed by atoms with Gasteiger partial charge in [0, 0.05) is 15.4 Å². The molecule has 0 atom stereocenters. The van der Waals surface area contributed by atoms with Crippen molar-refractivity contribution in [2.45, 2.75) is 19.9 Å². The average molecular weight is 239 g/mol. The minimum atomic E-state index is 0.246. The van der Waals surface area contributed by atoms with Crippen LogP contribution in [-0.2, 0) is 0 Å². The monoisotopic (exact) mass is 239 g/mol. The molecule has 0 saturated carbocycles. The second kappa shape index (κ2) is 4.30. The summed E-state index contributed by atoms with van der Waals surface area (Å²) in [7, 11) is 0. The van der Waals surface area contributed by atoms with Crippen LogP contribution < -0.4 is 11.3 Å². The van der Waals surface area contributed by atoms with Crippen molar-refractivity contribution in [1.29, 1.82) is 0 Å². The van der Waals surface area contributed by atoms with Crippen molar-refractivity contribution in [3.8, 4) is 0 Å². The Balaban J connectivity index is 2.40. The molecule has 0 saturated heterocycles. The van der Waals surface area contributed by atoms with Crippen molar-refractivity contribution in [1.82, 2.24) is 5.43 Å². The molecule has 0 aliphatic heterocycles. The van der Waals surface area contributed by atoms with E-state index in [9.17, 15) is 0 Å². The topological polar surface area (TPSA) is 50.4 Å². The van der Waals surface area contributed by atoms with Crippen molar-refractivity contribution in [3.05, 3.63) is 22.4 Å². The van der Waals surface area contributed by atoms with Gasteiger partial charge in [0.2, 0.25) is 0 Å². The summed E-state index contributed by atoms with van der Waals surface area (Å²) >= 11 is 3.46. The molecule has 2 aromatic rings. The SMILES string of the molecule is CC(C)N=C(NN)c1cc2sccc2s1. The van der Waals surface area contributed by atoms with Gasteiger partial charge in [0.1, 0.15) is 0 Å². The maximum atomic E-state index is 5.47. The standard InChI is InChI=1S/C10H13N3S2/c1-6(2)12-10(13-11)9-5-8-7(15-9)3-4-14-8/h3-6H,11H2,1-2H3,(H,12,13). The van der Waals surface area contributed by atoms with E-state index < -0.39 is 0 Å². The van der Waals surface area contributed by atoms with E-state index in [4.69, 9.17) is 5.84 Å². The predicted molar refractivity (Wildman–Crippen MR) is 68.7 cm³/mol. The van der Waals surface area contributed by atoms with Gasteiger partial charge in [-0.05, 0) is 31.4 Å². The van der Waals surface area contributed by atoms with E-state index in [1.54, 1.807) is 22.7 Å². The van der Waals surface area contributed by atoms with Gasteiger partial charge in [-0.3, -0.25) is 4.99 Å². The van der Waals surface area contributed by atoms with Crippen LogP contribution in [0.25, 0.3) is 9.40 Å². The molecule has 0 bridgehead atoms. The highest BCUT2D eigenvalue weighted by Crippen LogP contribution is 2.29. The quantitative estimate of drug-likeness (QED) is 0.366. The normalized spacial score (nSPS) is 12.7. The summed E-state index contributed by atoms with van der Waals surface area (Å²) in [6, 6.07) is 4.50. The number of nitrogens with zero attached hydrogens (tertiary/aromatic N) is 1. The number of hydrogen-bond acceptors (Lipinski definition) is 4. The summed E-state index contributed by atoms with van der Waals surface area (Å²) in [6.07, 6.45) is 0. The predicted octanol–water partition coefficient (Wildman–Crippen LogP) is 2.58. The summed E-state index contributed by atoms with van der Waals surface area (Å²) in [4.78, 5) is 5.54. The molecule has 0 amide bonds. The Morgan fingerprint density at radius 1 is 1.47 bits per heavy atom. The number of thiophene rings is 2. The van der Waals surface area contributed by atoms with E-state index in [-0.39, 0.29) is 6.04 Å². The van der Waals surface area contributed by atoms with Crippen molar-refractivity contribution in [3.63, 3.8) is 0 Å². The van der Waals surface area contributed by atoms with Gasteiger partial charge in [0.25, 0.3) is 0 Å². The number of amidine groups is 1. The van der Waals surface area contributed by atoms with E-state index in [1.807, 2.05) is 13.8 Å². The molecule has 0 fully saturated rings. The van der Waals surface area contributed by atoms with E-state index in [2.05, 4.69) is 27.9 Å². The number of nitrogens with two attached hydrogens (primary N) is 1. The molecule has 3 nitrogen and oxygen atoms in total. The highest BCUT2D eigenvalue weighted by atomic mass is 32.1. The Morgan fingerprint density at radius 3 is 2.87 bits per heavy atom. The first-order valence-corrected chi connectivity index (χ1v) is 6.42. The Hall–Kier alpha value is -0.910. The van der Waals surface area contributed by atoms with Gasteiger partial charge in [-0.25, -0.2) is 5.84 Å². The highest BCUT2D eigenvalue weighted by Gasteiger charge is 2.08.